The van der Waals surface area contributed by atoms with Crippen molar-refractivity contribution in [3.8, 4) is 0 Å². The van der Waals surface area contributed by atoms with E-state index in [1.54, 1.807) is 0 Å². The van der Waals surface area contributed by atoms with Crippen LogP contribution in [0, 0.1) is 0 Å². The fourth-order valence-corrected chi connectivity index (χ4v) is 2.64. The molecule has 3 nitrogen and oxygen atoms in total. The summed E-state index contributed by atoms with van der Waals surface area (Å²) in [4.78, 5) is 0. The molecule has 0 amide bonds. The van der Waals surface area contributed by atoms with Gasteiger partial charge in [-0.25, -0.2) is 0 Å². The molecule has 1 heterocycles. The summed E-state index contributed by atoms with van der Waals surface area (Å²) in [6.45, 7) is 4.29. The summed E-state index contributed by atoms with van der Waals surface area (Å²) in [5, 5.41) is 13.1. The van der Waals surface area contributed by atoms with Gasteiger partial charge in [0, 0.05) is 30.5 Å². The first-order valence-corrected chi connectivity index (χ1v) is 6.29. The van der Waals surface area contributed by atoms with E-state index in [0.29, 0.717) is 0 Å². The molecule has 3 heteroatoms. The van der Waals surface area contributed by atoms with E-state index in [1.165, 1.54) is 18.5 Å². The number of nitrogens with zero attached hydrogens (tertiary/aromatic N) is 1. The fourth-order valence-electron chi connectivity index (χ4n) is 2.64. The van der Waals surface area contributed by atoms with Crippen molar-refractivity contribution in [3.63, 3.8) is 0 Å². The maximum Gasteiger partial charge on any atom is 0.0613 e. The normalized spacial score (nSPS) is 19.1. The summed E-state index contributed by atoms with van der Waals surface area (Å²) >= 11 is 0. The fraction of sp³-hybridized carbons (Fsp3) is 0.692. The van der Waals surface area contributed by atoms with E-state index in [1.807, 2.05) is 0 Å². The van der Waals surface area contributed by atoms with Gasteiger partial charge in [0.15, 0.2) is 0 Å². The highest BCUT2D eigenvalue weighted by atomic mass is 16.3. The Hall–Kier alpha value is -0.800. The van der Waals surface area contributed by atoms with E-state index >= 15 is 0 Å². The first-order chi connectivity index (χ1) is 7.79. The summed E-state index contributed by atoms with van der Waals surface area (Å²) in [5.74, 6) is 0. The van der Waals surface area contributed by atoms with Crippen molar-refractivity contribution in [3.05, 3.63) is 24.0 Å². The van der Waals surface area contributed by atoms with Crippen LogP contribution < -0.4 is 5.32 Å². The maximum atomic E-state index is 9.50. The Morgan fingerprint density at radius 2 is 2.19 bits per heavy atom. The number of rotatable bonds is 5. The Morgan fingerprint density at radius 3 is 2.81 bits per heavy atom. The molecule has 2 rings (SSSR count). The van der Waals surface area contributed by atoms with E-state index in [-0.39, 0.29) is 12.1 Å². The van der Waals surface area contributed by atoms with E-state index < -0.39 is 0 Å². The molecule has 1 aliphatic rings. The third-order valence-electron chi connectivity index (χ3n) is 3.77. The second-order valence-electron chi connectivity index (χ2n) is 4.78. The van der Waals surface area contributed by atoms with Crippen LogP contribution in [0.2, 0.25) is 0 Å². The second-order valence-corrected chi connectivity index (χ2v) is 4.78. The topological polar surface area (TPSA) is 37.2 Å². The highest BCUT2D eigenvalue weighted by Gasteiger charge is 2.32. The van der Waals surface area contributed by atoms with Crippen molar-refractivity contribution >= 4 is 0 Å². The van der Waals surface area contributed by atoms with Crippen molar-refractivity contribution in [1.82, 2.24) is 9.88 Å². The van der Waals surface area contributed by atoms with Gasteiger partial charge in [0.05, 0.1) is 6.61 Å². The molecule has 2 N–H and O–H groups in total. The molecule has 90 valence electrons. The Balaban J connectivity index is 1.95. The van der Waals surface area contributed by atoms with Gasteiger partial charge in [0.25, 0.3) is 0 Å². The maximum absolute atomic E-state index is 9.50. The zero-order valence-electron chi connectivity index (χ0n) is 10.1. The Morgan fingerprint density at radius 1 is 1.44 bits per heavy atom. The van der Waals surface area contributed by atoms with E-state index in [0.717, 1.165) is 25.9 Å². The van der Waals surface area contributed by atoms with Crippen LogP contribution in [0.15, 0.2) is 18.3 Å². The standard InChI is InChI=1S/C13H22N2O/c1-2-15-9-5-6-12(15)10-14-13(11-16)7-3-4-8-13/h5-6,9,14,16H,2-4,7-8,10-11H2,1H3. The van der Waals surface area contributed by atoms with Gasteiger partial charge >= 0.3 is 0 Å². The van der Waals surface area contributed by atoms with Crippen LogP contribution in [-0.2, 0) is 13.1 Å². The predicted molar refractivity (Wildman–Crippen MR) is 65.2 cm³/mol. The molecule has 0 atom stereocenters. The molecule has 0 spiro atoms. The van der Waals surface area contributed by atoms with E-state index in [9.17, 15) is 5.11 Å². The van der Waals surface area contributed by atoms with Crippen LogP contribution in [0.5, 0.6) is 0 Å². The van der Waals surface area contributed by atoms with Gasteiger partial charge in [-0.1, -0.05) is 12.8 Å². The number of aryl methyl sites for hydroxylation is 1. The third-order valence-corrected chi connectivity index (χ3v) is 3.77. The second kappa shape index (κ2) is 5.02. The quantitative estimate of drug-likeness (QED) is 0.798. The van der Waals surface area contributed by atoms with Gasteiger partial charge in [-0.05, 0) is 31.9 Å². The van der Waals surface area contributed by atoms with Crippen molar-refractivity contribution < 1.29 is 5.11 Å². The van der Waals surface area contributed by atoms with Gasteiger partial charge in [-0.3, -0.25) is 0 Å². The van der Waals surface area contributed by atoms with Gasteiger partial charge in [0.2, 0.25) is 0 Å². The molecule has 16 heavy (non-hydrogen) atoms. The summed E-state index contributed by atoms with van der Waals surface area (Å²) in [5.41, 5.74) is 1.30. The summed E-state index contributed by atoms with van der Waals surface area (Å²) in [7, 11) is 0. The molecule has 0 unspecified atom stereocenters. The molecule has 1 saturated carbocycles. The van der Waals surface area contributed by atoms with Gasteiger partial charge in [-0.15, -0.1) is 0 Å². The monoisotopic (exact) mass is 222 g/mol. The Bertz CT molecular complexity index is 326. The summed E-state index contributed by atoms with van der Waals surface area (Å²) < 4.78 is 2.24. The number of hydrogen-bond donors (Lipinski definition) is 2. The Kier molecular flexibility index (Phi) is 3.66. The van der Waals surface area contributed by atoms with Crippen molar-refractivity contribution in [2.24, 2.45) is 0 Å². The SMILES string of the molecule is CCn1cccc1CNC1(CO)CCCC1. The minimum Gasteiger partial charge on any atom is -0.394 e. The van der Waals surface area contributed by atoms with Crippen LogP contribution in [0.1, 0.15) is 38.3 Å². The minimum absolute atomic E-state index is 0.0111. The lowest BCUT2D eigenvalue weighted by molar-refractivity contribution is 0.162. The third kappa shape index (κ3) is 2.30. The Labute approximate surface area is 97.5 Å². The average molecular weight is 222 g/mol. The first-order valence-electron chi connectivity index (χ1n) is 6.29. The smallest absolute Gasteiger partial charge is 0.0613 e. The lowest BCUT2D eigenvalue weighted by Crippen LogP contribution is -2.45. The first kappa shape index (κ1) is 11.7. The van der Waals surface area contributed by atoms with Gasteiger partial charge < -0.3 is 15.0 Å². The van der Waals surface area contributed by atoms with E-state index in [2.05, 4.69) is 35.1 Å². The van der Waals surface area contributed by atoms with Crippen LogP contribution >= 0.6 is 0 Å². The van der Waals surface area contributed by atoms with E-state index in [4.69, 9.17) is 0 Å². The summed E-state index contributed by atoms with van der Waals surface area (Å²) in [6.07, 6.45) is 6.80. The zero-order valence-corrected chi connectivity index (χ0v) is 10.1. The molecular weight excluding hydrogens is 200 g/mol. The van der Waals surface area contributed by atoms with Crippen molar-refractivity contribution in [2.75, 3.05) is 6.61 Å². The van der Waals surface area contributed by atoms with Gasteiger partial charge in [0.1, 0.15) is 0 Å². The molecule has 1 fully saturated rings. The number of hydrogen-bond acceptors (Lipinski definition) is 2. The number of aliphatic hydroxyl groups excluding tert-OH is 1. The van der Waals surface area contributed by atoms with Crippen molar-refractivity contribution in [1.29, 1.82) is 0 Å². The molecule has 0 aromatic carbocycles. The largest absolute Gasteiger partial charge is 0.394 e. The molecule has 0 radical (unpaired) electrons. The molecular formula is C13H22N2O. The average Bonchev–Trinajstić information content (AvgIpc) is 2.96. The van der Waals surface area contributed by atoms with Crippen molar-refractivity contribution in [2.45, 2.75) is 51.2 Å². The number of aliphatic hydroxyl groups is 1. The lowest BCUT2D eigenvalue weighted by Gasteiger charge is -2.28. The number of nitrogens with one attached hydrogen (secondary N) is 1. The van der Waals surface area contributed by atoms with Gasteiger partial charge in [-0.2, -0.15) is 0 Å². The van der Waals surface area contributed by atoms with Crippen LogP contribution in [0.25, 0.3) is 0 Å². The highest BCUT2D eigenvalue weighted by molar-refractivity contribution is 5.08. The highest BCUT2D eigenvalue weighted by Crippen LogP contribution is 2.29. The molecule has 1 aliphatic carbocycles. The van der Waals surface area contributed by atoms with Crippen LogP contribution in [0.4, 0.5) is 0 Å². The minimum atomic E-state index is -0.0111. The predicted octanol–water partition coefficient (Wildman–Crippen LogP) is 1.90. The molecule has 1 aromatic rings. The molecule has 0 bridgehead atoms. The lowest BCUT2D eigenvalue weighted by atomic mass is 9.99. The number of aromatic nitrogens is 1. The summed E-state index contributed by atoms with van der Waals surface area (Å²) in [6, 6.07) is 4.23. The zero-order chi connectivity index (χ0) is 11.4. The van der Waals surface area contributed by atoms with Crippen LogP contribution in [-0.4, -0.2) is 21.8 Å². The molecule has 0 saturated heterocycles. The molecule has 1 aromatic heterocycles. The molecule has 0 aliphatic heterocycles. The van der Waals surface area contributed by atoms with Crippen LogP contribution in [0.3, 0.4) is 0 Å².